The average Bonchev–Trinajstić information content (AvgIpc) is 1.94. The Bertz CT molecular complexity index is 249. The summed E-state index contributed by atoms with van der Waals surface area (Å²) in [7, 11) is 0. The second-order valence-electron chi connectivity index (χ2n) is 3.06. The Morgan fingerprint density at radius 3 is 1.87 bits per heavy atom. The van der Waals surface area contributed by atoms with E-state index in [4.69, 9.17) is 0 Å². The standard InChI is InChI=1S/C8H9F5O2/c1-4(2)5(14)15-6(7(3,9)10)8(11,12)13/h6H,1H2,2-3H3. The van der Waals surface area contributed by atoms with E-state index in [0.717, 1.165) is 6.92 Å². The van der Waals surface area contributed by atoms with Crippen LogP contribution in [-0.4, -0.2) is 24.2 Å². The van der Waals surface area contributed by atoms with Crippen LogP contribution in [0.4, 0.5) is 22.0 Å². The fraction of sp³-hybridized carbons (Fsp3) is 0.625. The molecule has 1 atom stereocenters. The Labute approximate surface area is 82.7 Å². The Hall–Kier alpha value is -1.14. The molecule has 2 nitrogen and oxygen atoms in total. The van der Waals surface area contributed by atoms with Gasteiger partial charge in [-0.2, -0.15) is 13.2 Å². The Morgan fingerprint density at radius 1 is 1.27 bits per heavy atom. The number of halogens is 5. The third kappa shape index (κ3) is 4.26. The molecule has 88 valence electrons. The summed E-state index contributed by atoms with van der Waals surface area (Å²) in [5.41, 5.74) is -0.381. The molecule has 0 aliphatic heterocycles. The highest BCUT2D eigenvalue weighted by Crippen LogP contribution is 2.34. The van der Waals surface area contributed by atoms with Crippen LogP contribution in [0.25, 0.3) is 0 Å². The number of carbonyl (C=O) groups excluding carboxylic acids is 1. The normalized spacial score (nSPS) is 14.6. The molecular weight excluding hydrogens is 223 g/mol. The molecule has 0 aromatic carbocycles. The summed E-state index contributed by atoms with van der Waals surface area (Å²) < 4.78 is 64.7. The molecule has 0 spiro atoms. The van der Waals surface area contributed by atoms with Crippen molar-refractivity contribution in [3.8, 4) is 0 Å². The fourth-order valence-electron chi connectivity index (χ4n) is 0.665. The van der Waals surface area contributed by atoms with E-state index in [0.29, 0.717) is 0 Å². The third-order valence-electron chi connectivity index (χ3n) is 1.33. The van der Waals surface area contributed by atoms with E-state index in [2.05, 4.69) is 11.3 Å². The molecule has 0 amide bonds. The van der Waals surface area contributed by atoms with Crippen LogP contribution in [0, 0.1) is 0 Å². The first-order valence-electron chi connectivity index (χ1n) is 3.77. The topological polar surface area (TPSA) is 26.3 Å². The van der Waals surface area contributed by atoms with E-state index >= 15 is 0 Å². The Kier molecular flexibility index (Phi) is 3.84. The Morgan fingerprint density at radius 2 is 1.67 bits per heavy atom. The number of alkyl halides is 5. The molecule has 0 aromatic heterocycles. The lowest BCUT2D eigenvalue weighted by molar-refractivity contribution is -0.271. The average molecular weight is 232 g/mol. The summed E-state index contributed by atoms with van der Waals surface area (Å²) in [6.45, 7) is 4.07. The number of carbonyl (C=O) groups is 1. The second-order valence-corrected chi connectivity index (χ2v) is 3.06. The van der Waals surface area contributed by atoms with Crippen molar-refractivity contribution in [1.29, 1.82) is 0 Å². The van der Waals surface area contributed by atoms with Gasteiger partial charge in [0, 0.05) is 12.5 Å². The molecule has 0 saturated heterocycles. The molecule has 15 heavy (non-hydrogen) atoms. The molecule has 0 aromatic rings. The van der Waals surface area contributed by atoms with Gasteiger partial charge in [-0.15, -0.1) is 0 Å². The molecule has 0 radical (unpaired) electrons. The number of hydrogen-bond acceptors (Lipinski definition) is 2. The van der Waals surface area contributed by atoms with Crippen LogP contribution < -0.4 is 0 Å². The van der Waals surface area contributed by atoms with Gasteiger partial charge in [-0.3, -0.25) is 0 Å². The molecule has 0 N–H and O–H groups in total. The molecule has 0 saturated carbocycles. The van der Waals surface area contributed by atoms with Crippen molar-refractivity contribution in [1.82, 2.24) is 0 Å². The van der Waals surface area contributed by atoms with Crippen molar-refractivity contribution >= 4 is 5.97 Å². The van der Waals surface area contributed by atoms with Gasteiger partial charge < -0.3 is 4.74 Å². The third-order valence-corrected chi connectivity index (χ3v) is 1.33. The van der Waals surface area contributed by atoms with E-state index < -0.39 is 24.2 Å². The van der Waals surface area contributed by atoms with E-state index in [1.54, 1.807) is 0 Å². The van der Waals surface area contributed by atoms with E-state index in [1.807, 2.05) is 0 Å². The summed E-state index contributed by atoms with van der Waals surface area (Å²) in [6.07, 6.45) is -8.77. The van der Waals surface area contributed by atoms with Crippen molar-refractivity contribution in [2.24, 2.45) is 0 Å². The second kappa shape index (κ2) is 4.16. The summed E-state index contributed by atoms with van der Waals surface area (Å²) in [5.74, 6) is -5.69. The molecule has 0 aliphatic rings. The lowest BCUT2D eigenvalue weighted by atomic mass is 10.2. The predicted molar refractivity (Wildman–Crippen MR) is 41.4 cm³/mol. The van der Waals surface area contributed by atoms with Crippen LogP contribution in [0.2, 0.25) is 0 Å². The van der Waals surface area contributed by atoms with Gasteiger partial charge >= 0.3 is 12.1 Å². The summed E-state index contributed by atoms with van der Waals surface area (Å²) >= 11 is 0. The predicted octanol–water partition coefficient (Wildman–Crippen LogP) is 2.69. The highest BCUT2D eigenvalue weighted by atomic mass is 19.4. The molecule has 0 fully saturated rings. The zero-order chi connectivity index (χ0) is 12.4. The van der Waals surface area contributed by atoms with Crippen LogP contribution in [0.15, 0.2) is 12.2 Å². The lowest BCUT2D eigenvalue weighted by Crippen LogP contribution is -2.46. The minimum Gasteiger partial charge on any atom is -0.443 e. The van der Waals surface area contributed by atoms with Crippen molar-refractivity contribution in [2.45, 2.75) is 32.1 Å². The van der Waals surface area contributed by atoms with Gasteiger partial charge in [0.25, 0.3) is 12.0 Å². The van der Waals surface area contributed by atoms with Crippen molar-refractivity contribution in [3.05, 3.63) is 12.2 Å². The summed E-state index contributed by atoms with van der Waals surface area (Å²) in [5, 5.41) is 0. The van der Waals surface area contributed by atoms with Crippen LogP contribution >= 0.6 is 0 Å². The summed E-state index contributed by atoms with van der Waals surface area (Å²) in [4.78, 5) is 10.7. The number of esters is 1. The maximum Gasteiger partial charge on any atom is 0.431 e. The first-order valence-corrected chi connectivity index (χ1v) is 3.77. The van der Waals surface area contributed by atoms with Gasteiger partial charge in [0.2, 0.25) is 0 Å². The first-order chi connectivity index (χ1) is 6.46. The van der Waals surface area contributed by atoms with Gasteiger partial charge in [-0.1, -0.05) is 6.58 Å². The quantitative estimate of drug-likeness (QED) is 0.425. The number of rotatable bonds is 3. The molecule has 7 heteroatoms. The van der Waals surface area contributed by atoms with Crippen LogP contribution in [-0.2, 0) is 9.53 Å². The molecule has 1 unspecified atom stereocenters. The van der Waals surface area contributed by atoms with E-state index in [1.165, 1.54) is 0 Å². The number of ether oxygens (including phenoxy) is 1. The monoisotopic (exact) mass is 232 g/mol. The van der Waals surface area contributed by atoms with Gasteiger partial charge in [0.1, 0.15) is 0 Å². The van der Waals surface area contributed by atoms with Gasteiger partial charge in [0.05, 0.1) is 0 Å². The van der Waals surface area contributed by atoms with Crippen molar-refractivity contribution in [3.63, 3.8) is 0 Å². The smallest absolute Gasteiger partial charge is 0.431 e. The maximum atomic E-state index is 12.5. The van der Waals surface area contributed by atoms with E-state index in [-0.39, 0.29) is 12.5 Å². The van der Waals surface area contributed by atoms with Gasteiger partial charge in [0.15, 0.2) is 0 Å². The van der Waals surface area contributed by atoms with Gasteiger partial charge in [-0.25, -0.2) is 13.6 Å². The maximum absolute atomic E-state index is 12.5. The molecule has 0 aliphatic carbocycles. The lowest BCUT2D eigenvalue weighted by Gasteiger charge is -2.25. The molecule has 0 bridgehead atoms. The first kappa shape index (κ1) is 13.9. The van der Waals surface area contributed by atoms with Crippen molar-refractivity contribution < 1.29 is 31.5 Å². The largest absolute Gasteiger partial charge is 0.443 e. The highest BCUT2D eigenvalue weighted by molar-refractivity contribution is 5.87. The van der Waals surface area contributed by atoms with Crippen molar-refractivity contribution in [2.75, 3.05) is 0 Å². The molecule has 0 heterocycles. The van der Waals surface area contributed by atoms with E-state index in [9.17, 15) is 26.7 Å². The minimum atomic E-state index is -5.32. The van der Waals surface area contributed by atoms with Crippen LogP contribution in [0.3, 0.4) is 0 Å². The minimum absolute atomic E-state index is 0.0247. The van der Waals surface area contributed by atoms with Crippen LogP contribution in [0.5, 0.6) is 0 Å². The molecular formula is C8H9F5O2. The zero-order valence-electron chi connectivity index (χ0n) is 7.99. The summed E-state index contributed by atoms with van der Waals surface area (Å²) in [6, 6.07) is 0. The van der Waals surface area contributed by atoms with Gasteiger partial charge in [-0.05, 0) is 6.92 Å². The number of hydrogen-bond donors (Lipinski definition) is 0. The highest BCUT2D eigenvalue weighted by Gasteiger charge is 2.56. The van der Waals surface area contributed by atoms with Crippen LogP contribution in [0.1, 0.15) is 13.8 Å². The zero-order valence-corrected chi connectivity index (χ0v) is 7.99. The Balaban J connectivity index is 4.85. The SMILES string of the molecule is C=C(C)C(=O)OC(C(C)(F)F)C(F)(F)F. The fourth-order valence-corrected chi connectivity index (χ4v) is 0.665. The molecule has 0 rings (SSSR count).